The Morgan fingerprint density at radius 1 is 1.47 bits per heavy atom. The predicted molar refractivity (Wildman–Crippen MR) is 68.8 cm³/mol. The molecule has 5 heteroatoms. The van der Waals surface area contributed by atoms with Crippen LogP contribution in [0.3, 0.4) is 0 Å². The van der Waals surface area contributed by atoms with Gasteiger partial charge in [-0.1, -0.05) is 32.9 Å². The van der Waals surface area contributed by atoms with Gasteiger partial charge in [0.15, 0.2) is 11.7 Å². The maximum absolute atomic E-state index is 5.71. The van der Waals surface area contributed by atoms with Gasteiger partial charge in [0.05, 0.1) is 5.69 Å². The summed E-state index contributed by atoms with van der Waals surface area (Å²) in [5.74, 6) is 2.10. The fourth-order valence-corrected chi connectivity index (χ4v) is 1.20. The topological polar surface area (TPSA) is 76.4 Å². The molecule has 0 radical (unpaired) electrons. The number of aromatic nitrogens is 1. The minimum Gasteiger partial charge on any atom is -0.370 e. The van der Waals surface area contributed by atoms with Crippen LogP contribution in [0.25, 0.3) is 0 Å². The Morgan fingerprint density at radius 2 is 2.18 bits per heavy atom. The van der Waals surface area contributed by atoms with Crippen molar-refractivity contribution < 1.29 is 4.52 Å². The molecule has 0 bridgehead atoms. The fourth-order valence-electron chi connectivity index (χ4n) is 1.20. The van der Waals surface area contributed by atoms with Crippen molar-refractivity contribution in [3.05, 3.63) is 17.5 Å². The summed E-state index contributed by atoms with van der Waals surface area (Å²) in [6.45, 7) is 9.63. The van der Waals surface area contributed by atoms with Gasteiger partial charge in [-0.15, -0.1) is 0 Å². The molecule has 1 aromatic heterocycles. The maximum atomic E-state index is 5.71. The molecule has 0 saturated heterocycles. The highest BCUT2D eigenvalue weighted by atomic mass is 16.5. The summed E-state index contributed by atoms with van der Waals surface area (Å²) in [5.41, 5.74) is 6.66. The molecule has 0 aliphatic heterocycles. The quantitative estimate of drug-likeness (QED) is 0.606. The lowest BCUT2D eigenvalue weighted by molar-refractivity contribution is 0.376. The zero-order valence-electron chi connectivity index (χ0n) is 11.0. The van der Waals surface area contributed by atoms with E-state index in [2.05, 4.69) is 43.2 Å². The third-order valence-corrected chi connectivity index (χ3v) is 2.27. The van der Waals surface area contributed by atoms with Gasteiger partial charge >= 0.3 is 0 Å². The molecule has 0 aliphatic carbocycles. The summed E-state index contributed by atoms with van der Waals surface area (Å²) >= 11 is 0. The lowest BCUT2D eigenvalue weighted by Crippen LogP contribution is -2.34. The minimum absolute atomic E-state index is 0.368. The highest BCUT2D eigenvalue weighted by Crippen LogP contribution is 2.14. The number of nitrogens with two attached hydrogens (primary N) is 1. The van der Waals surface area contributed by atoms with Crippen molar-refractivity contribution in [1.29, 1.82) is 0 Å². The van der Waals surface area contributed by atoms with Crippen LogP contribution in [0.1, 0.15) is 45.1 Å². The third kappa shape index (κ3) is 4.89. The van der Waals surface area contributed by atoms with Gasteiger partial charge in [0, 0.05) is 12.6 Å². The van der Waals surface area contributed by atoms with Crippen LogP contribution in [0.2, 0.25) is 0 Å². The normalized spacial score (nSPS) is 12.5. The van der Waals surface area contributed by atoms with E-state index < -0.39 is 0 Å². The lowest BCUT2D eigenvalue weighted by atomic mass is 10.1. The largest absolute Gasteiger partial charge is 0.370 e. The van der Waals surface area contributed by atoms with Crippen LogP contribution < -0.4 is 11.1 Å². The van der Waals surface area contributed by atoms with Gasteiger partial charge in [-0.05, 0) is 11.8 Å². The molecule has 0 aromatic carbocycles. The first-order chi connectivity index (χ1) is 7.99. The van der Waals surface area contributed by atoms with Crippen LogP contribution in [-0.4, -0.2) is 17.7 Å². The van der Waals surface area contributed by atoms with Gasteiger partial charge in [0.25, 0.3) is 0 Å². The summed E-state index contributed by atoms with van der Waals surface area (Å²) < 4.78 is 5.16. The Labute approximate surface area is 102 Å². The molecule has 0 fully saturated rings. The molecule has 17 heavy (non-hydrogen) atoms. The molecule has 1 aromatic rings. The number of nitrogens with one attached hydrogen (secondary N) is 1. The minimum atomic E-state index is 0.368. The van der Waals surface area contributed by atoms with E-state index in [0.717, 1.165) is 18.0 Å². The van der Waals surface area contributed by atoms with E-state index >= 15 is 0 Å². The zero-order valence-corrected chi connectivity index (χ0v) is 11.0. The first-order valence-electron chi connectivity index (χ1n) is 5.98. The molecule has 0 amide bonds. The molecule has 0 spiro atoms. The second kappa shape index (κ2) is 6.27. The van der Waals surface area contributed by atoms with Gasteiger partial charge in [0.1, 0.15) is 6.54 Å². The van der Waals surface area contributed by atoms with Crippen LogP contribution >= 0.6 is 0 Å². The highest BCUT2D eigenvalue weighted by Gasteiger charge is 2.06. The summed E-state index contributed by atoms with van der Waals surface area (Å²) in [4.78, 5) is 4.19. The number of hydrogen-bond donors (Lipinski definition) is 2. The monoisotopic (exact) mass is 238 g/mol. The number of guanidine groups is 1. The Hall–Kier alpha value is -1.52. The molecule has 0 atom stereocenters. The van der Waals surface area contributed by atoms with Crippen LogP contribution in [0.4, 0.5) is 0 Å². The third-order valence-electron chi connectivity index (χ3n) is 2.27. The second-order valence-corrected chi connectivity index (χ2v) is 4.85. The van der Waals surface area contributed by atoms with Crippen molar-refractivity contribution in [3.8, 4) is 0 Å². The number of rotatable bonds is 5. The van der Waals surface area contributed by atoms with Crippen molar-refractivity contribution in [1.82, 2.24) is 10.5 Å². The molecule has 5 nitrogen and oxygen atoms in total. The van der Waals surface area contributed by atoms with E-state index in [1.165, 1.54) is 0 Å². The van der Waals surface area contributed by atoms with Crippen LogP contribution in [0.5, 0.6) is 0 Å². The van der Waals surface area contributed by atoms with Crippen LogP contribution in [0.15, 0.2) is 15.6 Å². The Bertz CT molecular complexity index is 368. The molecule has 3 N–H and O–H groups in total. The Balaban J connectivity index is 2.45. The van der Waals surface area contributed by atoms with Gasteiger partial charge in [-0.2, -0.15) is 0 Å². The standard InChI is InChI=1S/C12H22N4O/c1-8(2)6-14-12(13)15-7-10-5-11(9(3)4)16-17-10/h5,8-9H,6-7H2,1-4H3,(H3,13,14,15). The van der Waals surface area contributed by atoms with Crippen molar-refractivity contribution in [3.63, 3.8) is 0 Å². The SMILES string of the molecule is CC(C)CNC(N)=NCc1cc(C(C)C)no1. The van der Waals surface area contributed by atoms with Crippen molar-refractivity contribution in [2.75, 3.05) is 6.54 Å². The molecular weight excluding hydrogens is 216 g/mol. The van der Waals surface area contributed by atoms with E-state index in [-0.39, 0.29) is 0 Å². The molecular formula is C12H22N4O. The average Bonchev–Trinajstić information content (AvgIpc) is 2.72. The summed E-state index contributed by atoms with van der Waals surface area (Å²) in [6, 6.07) is 1.92. The van der Waals surface area contributed by atoms with E-state index in [1.54, 1.807) is 0 Å². The van der Waals surface area contributed by atoms with E-state index in [0.29, 0.717) is 24.3 Å². The molecule has 0 saturated carbocycles. The van der Waals surface area contributed by atoms with Crippen LogP contribution in [-0.2, 0) is 6.54 Å². The smallest absolute Gasteiger partial charge is 0.189 e. The van der Waals surface area contributed by atoms with E-state index in [4.69, 9.17) is 10.3 Å². The molecule has 1 heterocycles. The molecule has 1 rings (SSSR count). The van der Waals surface area contributed by atoms with Crippen molar-refractivity contribution in [2.45, 2.75) is 40.2 Å². The first kappa shape index (κ1) is 13.5. The Morgan fingerprint density at radius 3 is 2.71 bits per heavy atom. The average molecular weight is 238 g/mol. The van der Waals surface area contributed by atoms with Gasteiger partial charge in [0.2, 0.25) is 0 Å². The number of hydrogen-bond acceptors (Lipinski definition) is 3. The van der Waals surface area contributed by atoms with Gasteiger partial charge < -0.3 is 15.6 Å². The molecule has 0 unspecified atom stereocenters. The molecule has 0 aliphatic rings. The fraction of sp³-hybridized carbons (Fsp3) is 0.667. The van der Waals surface area contributed by atoms with Crippen molar-refractivity contribution >= 4 is 5.96 Å². The van der Waals surface area contributed by atoms with Crippen molar-refractivity contribution in [2.24, 2.45) is 16.6 Å². The highest BCUT2D eigenvalue weighted by molar-refractivity contribution is 5.77. The molecule has 96 valence electrons. The zero-order chi connectivity index (χ0) is 12.8. The second-order valence-electron chi connectivity index (χ2n) is 4.85. The summed E-state index contributed by atoms with van der Waals surface area (Å²) in [7, 11) is 0. The lowest BCUT2D eigenvalue weighted by Gasteiger charge is -2.06. The predicted octanol–water partition coefficient (Wildman–Crippen LogP) is 1.86. The van der Waals surface area contributed by atoms with Crippen LogP contribution in [0, 0.1) is 5.92 Å². The number of nitrogens with zero attached hydrogens (tertiary/aromatic N) is 2. The number of aliphatic imine (C=N–C) groups is 1. The first-order valence-corrected chi connectivity index (χ1v) is 5.98. The van der Waals surface area contributed by atoms with E-state index in [9.17, 15) is 0 Å². The summed E-state index contributed by atoms with van der Waals surface area (Å²) in [5, 5.41) is 7.01. The van der Waals surface area contributed by atoms with E-state index in [1.807, 2.05) is 6.07 Å². The Kier molecular flexibility index (Phi) is 5.00. The maximum Gasteiger partial charge on any atom is 0.189 e. The summed E-state index contributed by atoms with van der Waals surface area (Å²) in [6.07, 6.45) is 0. The van der Waals surface area contributed by atoms with Gasteiger partial charge in [-0.3, -0.25) is 0 Å². The van der Waals surface area contributed by atoms with Gasteiger partial charge in [-0.25, -0.2) is 4.99 Å².